The topological polar surface area (TPSA) is 81.4 Å². The van der Waals surface area contributed by atoms with Gasteiger partial charge in [-0.1, -0.05) is 11.6 Å². The average Bonchev–Trinajstić information content (AvgIpc) is 2.47. The number of nitrogens with two attached hydrogens (primary N) is 1. The number of carbonyl (C=O) groups excluding carboxylic acids is 2. The third-order valence-corrected chi connectivity index (χ3v) is 4.02. The zero-order valence-electron chi connectivity index (χ0n) is 13.8. The van der Waals surface area contributed by atoms with Crippen LogP contribution < -0.4 is 15.8 Å². The van der Waals surface area contributed by atoms with Crippen LogP contribution in [0.2, 0.25) is 5.02 Å². The summed E-state index contributed by atoms with van der Waals surface area (Å²) in [4.78, 5) is 22.0. The number of hydrogen-bond donors (Lipinski definition) is 2. The van der Waals surface area contributed by atoms with Crippen molar-refractivity contribution < 1.29 is 14.3 Å². The van der Waals surface area contributed by atoms with Crippen LogP contribution >= 0.6 is 11.6 Å². The fraction of sp³-hybridized carbons (Fsp3) is 0.529. The van der Waals surface area contributed by atoms with Crippen molar-refractivity contribution in [2.24, 2.45) is 5.73 Å². The van der Waals surface area contributed by atoms with Crippen LogP contribution in [0.1, 0.15) is 43.2 Å². The summed E-state index contributed by atoms with van der Waals surface area (Å²) in [5.74, 6) is 0.375. The molecule has 0 aromatic heterocycles. The minimum absolute atomic E-state index is 0.0453. The van der Waals surface area contributed by atoms with E-state index in [1.54, 1.807) is 0 Å². The Bertz CT molecular complexity index is 524. The molecule has 3 N–H and O–H groups in total. The van der Waals surface area contributed by atoms with Gasteiger partial charge in [-0.2, -0.15) is 0 Å². The molecular weight excluding hydrogens is 316 g/mol. The molecular formula is C17H25ClN2O3. The SMILES string of the molecule is Cc1cc(OCCCCCC(=O)NCCC(N)=O)cc(C)c1Cl. The van der Waals surface area contributed by atoms with Gasteiger partial charge in [-0.25, -0.2) is 0 Å². The van der Waals surface area contributed by atoms with E-state index in [9.17, 15) is 9.59 Å². The Morgan fingerprint density at radius 1 is 1.13 bits per heavy atom. The summed E-state index contributed by atoms with van der Waals surface area (Å²) in [6.45, 7) is 4.84. The van der Waals surface area contributed by atoms with Crippen molar-refractivity contribution in [1.29, 1.82) is 0 Å². The Morgan fingerprint density at radius 3 is 2.39 bits per heavy atom. The molecule has 0 bridgehead atoms. The van der Waals surface area contributed by atoms with E-state index in [1.165, 1.54) is 0 Å². The van der Waals surface area contributed by atoms with Gasteiger partial charge in [0.25, 0.3) is 0 Å². The first-order chi connectivity index (χ1) is 10.9. The molecule has 0 unspecified atom stereocenters. The van der Waals surface area contributed by atoms with Gasteiger partial charge in [0.2, 0.25) is 11.8 Å². The molecule has 1 aromatic rings. The first-order valence-electron chi connectivity index (χ1n) is 7.84. The van der Waals surface area contributed by atoms with Crippen LogP contribution in [0.4, 0.5) is 0 Å². The molecule has 0 radical (unpaired) electrons. The molecule has 0 aliphatic heterocycles. The highest BCUT2D eigenvalue weighted by Crippen LogP contribution is 2.25. The summed E-state index contributed by atoms with van der Waals surface area (Å²) in [6, 6.07) is 3.86. The van der Waals surface area contributed by atoms with Gasteiger partial charge in [0.05, 0.1) is 6.61 Å². The molecule has 0 aliphatic rings. The minimum atomic E-state index is -0.407. The monoisotopic (exact) mass is 340 g/mol. The maximum Gasteiger partial charge on any atom is 0.220 e. The summed E-state index contributed by atoms with van der Waals surface area (Å²) in [5.41, 5.74) is 7.01. The van der Waals surface area contributed by atoms with Gasteiger partial charge in [0, 0.05) is 24.4 Å². The van der Waals surface area contributed by atoms with E-state index in [4.69, 9.17) is 22.1 Å². The second-order valence-corrected chi connectivity index (χ2v) is 5.97. The zero-order valence-corrected chi connectivity index (χ0v) is 14.5. The van der Waals surface area contributed by atoms with Crippen molar-refractivity contribution in [3.8, 4) is 5.75 Å². The highest BCUT2D eigenvalue weighted by atomic mass is 35.5. The van der Waals surface area contributed by atoms with E-state index in [0.29, 0.717) is 19.6 Å². The third-order valence-electron chi connectivity index (χ3n) is 3.42. The first-order valence-corrected chi connectivity index (χ1v) is 8.22. The molecule has 5 nitrogen and oxygen atoms in total. The zero-order chi connectivity index (χ0) is 17.2. The van der Waals surface area contributed by atoms with Crippen LogP contribution in [-0.2, 0) is 9.59 Å². The Kier molecular flexibility index (Phi) is 8.48. The number of ether oxygens (including phenoxy) is 1. The number of halogens is 1. The van der Waals surface area contributed by atoms with Crippen molar-refractivity contribution in [3.05, 3.63) is 28.3 Å². The molecule has 2 amide bonds. The highest BCUT2D eigenvalue weighted by molar-refractivity contribution is 6.32. The molecule has 0 fully saturated rings. The maximum absolute atomic E-state index is 11.5. The fourth-order valence-electron chi connectivity index (χ4n) is 2.16. The fourth-order valence-corrected chi connectivity index (χ4v) is 2.27. The molecule has 1 rings (SSSR count). The van der Waals surface area contributed by atoms with E-state index in [0.717, 1.165) is 41.2 Å². The average molecular weight is 341 g/mol. The molecule has 1 aromatic carbocycles. The quantitative estimate of drug-likeness (QED) is 0.642. The van der Waals surface area contributed by atoms with Gasteiger partial charge >= 0.3 is 0 Å². The second kappa shape index (κ2) is 10.1. The van der Waals surface area contributed by atoms with Gasteiger partial charge in [-0.3, -0.25) is 9.59 Å². The predicted molar refractivity (Wildman–Crippen MR) is 91.7 cm³/mol. The van der Waals surface area contributed by atoms with Crippen molar-refractivity contribution >= 4 is 23.4 Å². The molecule has 6 heteroatoms. The molecule has 0 saturated carbocycles. The molecule has 128 valence electrons. The van der Waals surface area contributed by atoms with Gasteiger partial charge in [0.15, 0.2) is 0 Å². The van der Waals surface area contributed by atoms with Crippen molar-refractivity contribution in [2.45, 2.75) is 46.0 Å². The Morgan fingerprint density at radius 2 is 1.78 bits per heavy atom. The van der Waals surface area contributed by atoms with Crippen molar-refractivity contribution in [2.75, 3.05) is 13.2 Å². The van der Waals surface area contributed by atoms with Gasteiger partial charge in [-0.05, 0) is 56.4 Å². The maximum atomic E-state index is 11.5. The third kappa shape index (κ3) is 7.88. The van der Waals surface area contributed by atoms with Crippen molar-refractivity contribution in [3.63, 3.8) is 0 Å². The summed E-state index contributed by atoms with van der Waals surface area (Å²) >= 11 is 6.12. The number of hydrogen-bond acceptors (Lipinski definition) is 3. The van der Waals surface area contributed by atoms with Crippen LogP contribution in [0.25, 0.3) is 0 Å². The van der Waals surface area contributed by atoms with Crippen LogP contribution in [-0.4, -0.2) is 25.0 Å². The number of nitrogens with one attached hydrogen (secondary N) is 1. The molecule has 0 heterocycles. The lowest BCUT2D eigenvalue weighted by Gasteiger charge is -2.10. The number of benzene rings is 1. The lowest BCUT2D eigenvalue weighted by molar-refractivity contribution is -0.121. The van der Waals surface area contributed by atoms with Crippen LogP contribution in [0, 0.1) is 13.8 Å². The number of aryl methyl sites for hydroxylation is 2. The van der Waals surface area contributed by atoms with E-state index >= 15 is 0 Å². The number of rotatable bonds is 10. The molecule has 0 aliphatic carbocycles. The largest absolute Gasteiger partial charge is 0.494 e. The minimum Gasteiger partial charge on any atom is -0.494 e. The normalized spacial score (nSPS) is 10.4. The van der Waals surface area contributed by atoms with E-state index in [-0.39, 0.29) is 12.3 Å². The molecule has 23 heavy (non-hydrogen) atoms. The number of primary amides is 1. The summed E-state index contributed by atoms with van der Waals surface area (Å²) in [6.07, 6.45) is 3.23. The summed E-state index contributed by atoms with van der Waals surface area (Å²) in [5, 5.41) is 3.44. The van der Waals surface area contributed by atoms with Gasteiger partial charge in [0.1, 0.15) is 5.75 Å². The predicted octanol–water partition coefficient (Wildman–Crippen LogP) is 2.89. The summed E-state index contributed by atoms with van der Waals surface area (Å²) in [7, 11) is 0. The van der Waals surface area contributed by atoms with Crippen LogP contribution in [0.3, 0.4) is 0 Å². The smallest absolute Gasteiger partial charge is 0.220 e. The Labute approximate surface area is 142 Å². The van der Waals surface area contributed by atoms with E-state index in [2.05, 4.69) is 5.32 Å². The van der Waals surface area contributed by atoms with Crippen LogP contribution in [0.15, 0.2) is 12.1 Å². The van der Waals surface area contributed by atoms with Crippen molar-refractivity contribution in [1.82, 2.24) is 5.32 Å². The number of amides is 2. The van der Waals surface area contributed by atoms with E-state index in [1.807, 2.05) is 26.0 Å². The van der Waals surface area contributed by atoms with Gasteiger partial charge < -0.3 is 15.8 Å². The number of unbranched alkanes of at least 4 members (excludes halogenated alkanes) is 2. The standard InChI is InChI=1S/C17H25ClN2O3/c1-12-10-14(11-13(2)17(12)18)23-9-5-3-4-6-16(22)20-8-7-15(19)21/h10-11H,3-9H2,1-2H3,(H2,19,21)(H,20,22). The number of carbonyl (C=O) groups is 2. The summed E-state index contributed by atoms with van der Waals surface area (Å²) < 4.78 is 5.71. The Balaban J connectivity index is 2.12. The molecule has 0 saturated heterocycles. The lowest BCUT2D eigenvalue weighted by atomic mass is 10.1. The lowest BCUT2D eigenvalue weighted by Crippen LogP contribution is -2.27. The second-order valence-electron chi connectivity index (χ2n) is 5.60. The van der Waals surface area contributed by atoms with E-state index < -0.39 is 5.91 Å². The molecule has 0 atom stereocenters. The highest BCUT2D eigenvalue weighted by Gasteiger charge is 2.04. The first kappa shape index (κ1) is 19.3. The van der Waals surface area contributed by atoms with Crippen LogP contribution in [0.5, 0.6) is 5.75 Å². The molecule has 0 spiro atoms. The van der Waals surface area contributed by atoms with Gasteiger partial charge in [-0.15, -0.1) is 0 Å². The Hall–Kier alpha value is -1.75.